The van der Waals surface area contributed by atoms with Crippen LogP contribution in [0.1, 0.15) is 27.1 Å². The van der Waals surface area contributed by atoms with Crippen LogP contribution in [-0.4, -0.2) is 37.0 Å². The van der Waals surface area contributed by atoms with Gasteiger partial charge in [0, 0.05) is 35.1 Å². The number of nitrogens with two attached hydrogens (primary N) is 1. The molecule has 0 spiro atoms. The molecule has 0 saturated carbocycles. The number of anilines is 1. The van der Waals surface area contributed by atoms with E-state index in [-0.39, 0.29) is 11.8 Å². The maximum atomic E-state index is 12.7. The Morgan fingerprint density at radius 1 is 1.17 bits per heavy atom. The van der Waals surface area contributed by atoms with Gasteiger partial charge in [-0.05, 0) is 48.7 Å². The topological polar surface area (TPSA) is 106 Å². The first-order valence-electron chi connectivity index (χ1n) is 9.09. The minimum Gasteiger partial charge on any atom is -0.496 e. The van der Waals surface area contributed by atoms with Crippen molar-refractivity contribution in [3.05, 3.63) is 65.3 Å². The summed E-state index contributed by atoms with van der Waals surface area (Å²) in [5.74, 6) is -0.169. The molecule has 2 aromatic heterocycles. The second-order valence-electron chi connectivity index (χ2n) is 6.21. The van der Waals surface area contributed by atoms with Gasteiger partial charge in [0.15, 0.2) is 0 Å². The maximum Gasteiger partial charge on any atom is 0.257 e. The summed E-state index contributed by atoms with van der Waals surface area (Å²) in [5, 5.41) is 7.57. The van der Waals surface area contributed by atoms with Crippen LogP contribution in [0.2, 0.25) is 0 Å². The van der Waals surface area contributed by atoms with E-state index in [1.807, 2.05) is 17.5 Å². The molecule has 2 heterocycles. The lowest BCUT2D eigenvalue weighted by atomic mass is 10.1. The van der Waals surface area contributed by atoms with Crippen LogP contribution in [0.5, 0.6) is 5.75 Å². The summed E-state index contributed by atoms with van der Waals surface area (Å²) in [4.78, 5) is 30.3. The highest BCUT2D eigenvalue weighted by molar-refractivity contribution is 7.13. The predicted molar refractivity (Wildman–Crippen MR) is 115 cm³/mol. The number of aromatic nitrogens is 1. The Kier molecular flexibility index (Phi) is 6.94. The molecule has 1 aromatic carbocycles. The second kappa shape index (κ2) is 9.81. The molecule has 8 heteroatoms. The maximum absolute atomic E-state index is 12.7. The third kappa shape index (κ3) is 5.18. The van der Waals surface area contributed by atoms with Crippen LogP contribution >= 0.6 is 11.3 Å². The molecule has 0 atom stereocenters. The SMILES string of the molecule is COc1ccc(NC(=O)c2cncc(-c3cccs3)c2)cc1C(=O)NCCCN. The number of pyridine rings is 1. The second-order valence-corrected chi connectivity index (χ2v) is 7.15. The van der Waals surface area contributed by atoms with Crippen molar-refractivity contribution in [1.29, 1.82) is 0 Å². The van der Waals surface area contributed by atoms with Gasteiger partial charge in [0.2, 0.25) is 0 Å². The van der Waals surface area contributed by atoms with Crippen LogP contribution in [0, 0.1) is 0 Å². The van der Waals surface area contributed by atoms with Gasteiger partial charge in [0.1, 0.15) is 5.75 Å². The Morgan fingerprint density at radius 3 is 2.76 bits per heavy atom. The monoisotopic (exact) mass is 410 g/mol. The minimum atomic E-state index is -0.310. The van der Waals surface area contributed by atoms with Crippen LogP contribution in [-0.2, 0) is 0 Å². The highest BCUT2D eigenvalue weighted by Crippen LogP contribution is 2.26. The minimum absolute atomic E-state index is 0.284. The van der Waals surface area contributed by atoms with Crippen molar-refractivity contribution in [2.45, 2.75) is 6.42 Å². The highest BCUT2D eigenvalue weighted by Gasteiger charge is 2.15. The number of hydrogen-bond acceptors (Lipinski definition) is 6. The lowest BCUT2D eigenvalue weighted by molar-refractivity contribution is 0.0949. The lowest BCUT2D eigenvalue weighted by Crippen LogP contribution is -2.26. The number of hydrogen-bond donors (Lipinski definition) is 3. The van der Waals surface area contributed by atoms with Gasteiger partial charge in [0.05, 0.1) is 18.2 Å². The number of ether oxygens (including phenoxy) is 1. The molecule has 0 fully saturated rings. The van der Waals surface area contributed by atoms with Crippen molar-refractivity contribution in [1.82, 2.24) is 10.3 Å². The predicted octanol–water partition coefficient (Wildman–Crippen LogP) is 3.15. The van der Waals surface area contributed by atoms with Crippen molar-refractivity contribution in [2.24, 2.45) is 5.73 Å². The fraction of sp³-hybridized carbons (Fsp3) is 0.190. The van der Waals surface area contributed by atoms with Crippen LogP contribution in [0.3, 0.4) is 0 Å². The molecule has 150 valence electrons. The number of carbonyl (C=O) groups is 2. The molecule has 7 nitrogen and oxygen atoms in total. The fourth-order valence-corrected chi connectivity index (χ4v) is 3.42. The Bertz CT molecular complexity index is 989. The van der Waals surface area contributed by atoms with Crippen LogP contribution < -0.4 is 21.1 Å². The van der Waals surface area contributed by atoms with Gasteiger partial charge in [-0.2, -0.15) is 0 Å². The summed E-state index contributed by atoms with van der Waals surface area (Å²) in [5.41, 5.74) is 7.59. The molecule has 0 aliphatic rings. The van der Waals surface area contributed by atoms with Crippen LogP contribution in [0.15, 0.2) is 54.2 Å². The van der Waals surface area contributed by atoms with Gasteiger partial charge < -0.3 is 21.1 Å². The molecule has 0 radical (unpaired) electrons. The Morgan fingerprint density at radius 2 is 2.03 bits per heavy atom. The van der Waals surface area contributed by atoms with E-state index in [0.717, 1.165) is 10.4 Å². The molecule has 2 amide bonds. The average Bonchev–Trinajstić information content (AvgIpc) is 3.29. The standard InChI is InChI=1S/C21H22N4O3S/c1-28-18-6-5-16(11-17(18)21(27)24-8-3-7-22)25-20(26)15-10-14(12-23-13-15)19-4-2-9-29-19/h2,4-6,9-13H,3,7-8,22H2,1H3,(H,24,27)(H,25,26). The average molecular weight is 410 g/mol. The van der Waals surface area contributed by atoms with Gasteiger partial charge in [-0.25, -0.2) is 0 Å². The number of nitrogens with zero attached hydrogens (tertiary/aromatic N) is 1. The molecular formula is C21H22N4O3S. The summed E-state index contributed by atoms with van der Waals surface area (Å²) in [6.07, 6.45) is 3.91. The van der Waals surface area contributed by atoms with E-state index in [2.05, 4.69) is 15.6 Å². The molecule has 0 unspecified atom stereocenters. The van der Waals surface area contributed by atoms with E-state index in [4.69, 9.17) is 10.5 Å². The normalized spacial score (nSPS) is 10.4. The fourth-order valence-electron chi connectivity index (χ4n) is 2.71. The van der Waals surface area contributed by atoms with Gasteiger partial charge >= 0.3 is 0 Å². The van der Waals surface area contributed by atoms with E-state index in [9.17, 15) is 9.59 Å². The van der Waals surface area contributed by atoms with E-state index in [1.165, 1.54) is 13.3 Å². The number of thiophene rings is 1. The lowest BCUT2D eigenvalue weighted by Gasteiger charge is -2.12. The number of methoxy groups -OCH3 is 1. The summed E-state index contributed by atoms with van der Waals surface area (Å²) in [6, 6.07) is 10.6. The molecule has 3 rings (SSSR count). The molecule has 4 N–H and O–H groups in total. The molecule has 0 aliphatic carbocycles. The third-order valence-corrected chi connectivity index (χ3v) is 5.09. The molecule has 0 aliphatic heterocycles. The van der Waals surface area contributed by atoms with Crippen molar-refractivity contribution < 1.29 is 14.3 Å². The zero-order chi connectivity index (χ0) is 20.6. The zero-order valence-electron chi connectivity index (χ0n) is 16.0. The first-order valence-corrected chi connectivity index (χ1v) is 9.97. The zero-order valence-corrected chi connectivity index (χ0v) is 16.8. The van der Waals surface area contributed by atoms with Gasteiger partial charge in [-0.1, -0.05) is 6.07 Å². The number of carbonyl (C=O) groups excluding carboxylic acids is 2. The summed E-state index contributed by atoms with van der Waals surface area (Å²) >= 11 is 1.58. The first-order chi connectivity index (χ1) is 14.1. The van der Waals surface area contributed by atoms with E-state index < -0.39 is 0 Å². The van der Waals surface area contributed by atoms with Gasteiger partial charge in [0.25, 0.3) is 11.8 Å². The third-order valence-electron chi connectivity index (χ3n) is 4.17. The van der Waals surface area contributed by atoms with Crippen molar-refractivity contribution in [3.63, 3.8) is 0 Å². The molecule has 3 aromatic rings. The Labute approximate surface area is 172 Å². The Balaban J connectivity index is 1.77. The quantitative estimate of drug-likeness (QED) is 0.495. The van der Waals surface area contributed by atoms with Gasteiger partial charge in [-0.15, -0.1) is 11.3 Å². The molecular weight excluding hydrogens is 388 g/mol. The van der Waals surface area contributed by atoms with Crippen molar-refractivity contribution >= 4 is 28.8 Å². The molecule has 29 heavy (non-hydrogen) atoms. The molecule has 0 bridgehead atoms. The number of rotatable bonds is 8. The summed E-state index contributed by atoms with van der Waals surface area (Å²) in [6.45, 7) is 0.961. The highest BCUT2D eigenvalue weighted by atomic mass is 32.1. The van der Waals surface area contributed by atoms with Crippen LogP contribution in [0.25, 0.3) is 10.4 Å². The number of amides is 2. The molecule has 0 saturated heterocycles. The Hall–Kier alpha value is -3.23. The largest absolute Gasteiger partial charge is 0.496 e. The van der Waals surface area contributed by atoms with E-state index in [0.29, 0.717) is 42.1 Å². The van der Waals surface area contributed by atoms with Crippen molar-refractivity contribution in [2.75, 3.05) is 25.5 Å². The number of benzene rings is 1. The number of nitrogens with one attached hydrogen (secondary N) is 2. The smallest absolute Gasteiger partial charge is 0.257 e. The summed E-state index contributed by atoms with van der Waals surface area (Å²) < 4.78 is 5.27. The van der Waals surface area contributed by atoms with E-state index >= 15 is 0 Å². The van der Waals surface area contributed by atoms with Crippen LogP contribution in [0.4, 0.5) is 5.69 Å². The van der Waals surface area contributed by atoms with Gasteiger partial charge in [-0.3, -0.25) is 14.6 Å². The first kappa shape index (κ1) is 20.5. The van der Waals surface area contributed by atoms with Crippen molar-refractivity contribution in [3.8, 4) is 16.2 Å². The van der Waals surface area contributed by atoms with E-state index in [1.54, 1.807) is 41.8 Å². The summed E-state index contributed by atoms with van der Waals surface area (Å²) in [7, 11) is 1.49.